The van der Waals surface area contributed by atoms with Crippen molar-refractivity contribution in [2.24, 2.45) is 5.41 Å². The van der Waals surface area contributed by atoms with Gasteiger partial charge in [-0.15, -0.1) is 0 Å². The van der Waals surface area contributed by atoms with E-state index >= 15 is 0 Å². The van der Waals surface area contributed by atoms with Crippen molar-refractivity contribution in [3.63, 3.8) is 0 Å². The number of amides is 1. The van der Waals surface area contributed by atoms with E-state index in [1.54, 1.807) is 7.05 Å². The van der Waals surface area contributed by atoms with Crippen molar-refractivity contribution in [1.29, 1.82) is 0 Å². The first-order chi connectivity index (χ1) is 6.41. The second-order valence-corrected chi connectivity index (χ2v) is 5.68. The lowest BCUT2D eigenvalue weighted by molar-refractivity contribution is 0.176. The second-order valence-electron chi connectivity index (χ2n) is 4.45. The number of nitrogens with zero attached hydrogens (tertiary/aromatic N) is 2. The number of piperidine rings is 1. The third-order valence-electron chi connectivity index (χ3n) is 2.58. The summed E-state index contributed by atoms with van der Waals surface area (Å²) < 4.78 is 3.36. The average molecular weight is 218 g/mol. The Balaban J connectivity index is 2.32. The van der Waals surface area contributed by atoms with Crippen molar-refractivity contribution in [2.75, 3.05) is 20.1 Å². The average Bonchev–Trinajstić information content (AvgIpc) is 2.08. The zero-order valence-electron chi connectivity index (χ0n) is 8.99. The second kappa shape index (κ2) is 4.40. The summed E-state index contributed by atoms with van der Waals surface area (Å²) in [5, 5.41) is 8.69. The molecule has 0 aromatic rings. The fourth-order valence-corrected chi connectivity index (χ4v) is 2.14. The smallest absolute Gasteiger partial charge is 0.418 e. The molecule has 0 aromatic heterocycles. The summed E-state index contributed by atoms with van der Waals surface area (Å²) in [6, 6.07) is 0. The lowest BCUT2D eigenvalue weighted by Gasteiger charge is -2.36. The molecule has 0 atom stereocenters. The molecule has 1 fully saturated rings. The first kappa shape index (κ1) is 11.7. The highest BCUT2D eigenvalue weighted by Gasteiger charge is 2.26. The number of rotatable bonds is 2. The number of carbonyl (C=O) groups is 1. The van der Waals surface area contributed by atoms with Crippen LogP contribution in [0.1, 0.15) is 26.7 Å². The molecule has 82 valence electrons. The van der Waals surface area contributed by atoms with Gasteiger partial charge in [-0.1, -0.05) is 13.8 Å². The monoisotopic (exact) mass is 218 g/mol. The van der Waals surface area contributed by atoms with E-state index in [0.29, 0.717) is 5.41 Å². The Morgan fingerprint density at radius 3 is 2.36 bits per heavy atom. The maximum Gasteiger partial charge on any atom is 0.418 e. The van der Waals surface area contributed by atoms with Gasteiger partial charge in [0.25, 0.3) is 0 Å². The predicted molar refractivity (Wildman–Crippen MR) is 58.0 cm³/mol. The molecule has 0 saturated carbocycles. The van der Waals surface area contributed by atoms with Gasteiger partial charge < -0.3 is 5.11 Å². The Kier molecular flexibility index (Phi) is 3.66. The van der Waals surface area contributed by atoms with Crippen LogP contribution in [0.25, 0.3) is 0 Å². The van der Waals surface area contributed by atoms with E-state index in [-0.39, 0.29) is 0 Å². The van der Waals surface area contributed by atoms with Gasteiger partial charge in [0.1, 0.15) is 0 Å². The summed E-state index contributed by atoms with van der Waals surface area (Å²) in [7, 11) is 1.58. The lowest BCUT2D eigenvalue weighted by atomic mass is 9.83. The summed E-state index contributed by atoms with van der Waals surface area (Å²) in [5.41, 5.74) is 0.416. The fraction of sp³-hybridized carbons (Fsp3) is 0.889. The Morgan fingerprint density at radius 2 is 1.93 bits per heavy atom. The SMILES string of the molecule is CN(SN1CCC(C)(C)CC1)C(=O)O. The molecular weight excluding hydrogens is 200 g/mol. The molecule has 0 bridgehead atoms. The van der Waals surface area contributed by atoms with E-state index in [0.717, 1.165) is 25.9 Å². The van der Waals surface area contributed by atoms with E-state index in [9.17, 15) is 4.79 Å². The highest BCUT2D eigenvalue weighted by molar-refractivity contribution is 7.95. The fourth-order valence-electron chi connectivity index (χ4n) is 1.38. The maximum atomic E-state index is 10.6. The van der Waals surface area contributed by atoms with E-state index < -0.39 is 6.09 Å². The van der Waals surface area contributed by atoms with Crippen LogP contribution in [0.4, 0.5) is 4.79 Å². The lowest BCUT2D eigenvalue weighted by Crippen LogP contribution is -2.36. The van der Waals surface area contributed by atoms with Crippen molar-refractivity contribution in [2.45, 2.75) is 26.7 Å². The van der Waals surface area contributed by atoms with Crippen molar-refractivity contribution in [3.05, 3.63) is 0 Å². The molecular formula is C9H18N2O2S. The molecule has 1 saturated heterocycles. The molecule has 0 radical (unpaired) electrons. The standard InChI is InChI=1S/C9H18N2O2S/c1-9(2)4-6-11(7-5-9)14-10(3)8(12)13/h4-7H2,1-3H3,(H,12,13). The topological polar surface area (TPSA) is 43.8 Å². The van der Waals surface area contributed by atoms with Crippen LogP contribution in [-0.2, 0) is 0 Å². The van der Waals surface area contributed by atoms with Crippen LogP contribution in [0.2, 0.25) is 0 Å². The van der Waals surface area contributed by atoms with Gasteiger partial charge in [-0.3, -0.25) is 0 Å². The van der Waals surface area contributed by atoms with Crippen molar-refractivity contribution >= 4 is 18.2 Å². The molecule has 1 heterocycles. The van der Waals surface area contributed by atoms with Crippen molar-refractivity contribution in [3.8, 4) is 0 Å². The molecule has 14 heavy (non-hydrogen) atoms. The molecule has 0 spiro atoms. The number of hydrogen-bond donors (Lipinski definition) is 1. The normalized spacial score (nSPS) is 21.9. The molecule has 1 amide bonds. The zero-order valence-corrected chi connectivity index (χ0v) is 9.80. The minimum Gasteiger partial charge on any atom is -0.464 e. The van der Waals surface area contributed by atoms with Gasteiger partial charge in [-0.2, -0.15) is 0 Å². The van der Waals surface area contributed by atoms with E-state index in [1.165, 1.54) is 16.4 Å². The van der Waals surface area contributed by atoms with E-state index in [1.807, 2.05) is 0 Å². The van der Waals surface area contributed by atoms with Crippen LogP contribution in [0.3, 0.4) is 0 Å². The first-order valence-corrected chi connectivity index (χ1v) is 5.53. The summed E-state index contributed by atoms with van der Waals surface area (Å²) >= 11 is 1.30. The minimum atomic E-state index is -0.889. The Labute approximate surface area is 89.5 Å². The van der Waals surface area contributed by atoms with E-state index in [4.69, 9.17) is 5.11 Å². The van der Waals surface area contributed by atoms with Gasteiger partial charge in [0.15, 0.2) is 0 Å². The summed E-state index contributed by atoms with van der Waals surface area (Å²) in [6.45, 7) is 6.45. The molecule has 0 unspecified atom stereocenters. The molecule has 0 aromatic carbocycles. The van der Waals surface area contributed by atoms with Crippen LogP contribution in [0, 0.1) is 5.41 Å². The number of hydrogen-bond acceptors (Lipinski definition) is 3. The van der Waals surface area contributed by atoms with Gasteiger partial charge in [0.05, 0.1) is 0 Å². The van der Waals surface area contributed by atoms with Gasteiger partial charge in [-0.25, -0.2) is 13.4 Å². The Hall–Kier alpha value is -0.420. The Bertz CT molecular complexity index is 211. The highest BCUT2D eigenvalue weighted by atomic mass is 32.2. The molecule has 1 aliphatic heterocycles. The minimum absolute atomic E-state index is 0.416. The summed E-state index contributed by atoms with van der Waals surface area (Å²) in [6.07, 6.45) is 1.38. The predicted octanol–water partition coefficient (Wildman–Crippen LogP) is 2.28. The van der Waals surface area contributed by atoms with Gasteiger partial charge in [0, 0.05) is 32.3 Å². The van der Waals surface area contributed by atoms with Gasteiger partial charge >= 0.3 is 6.09 Å². The largest absolute Gasteiger partial charge is 0.464 e. The Morgan fingerprint density at radius 1 is 1.43 bits per heavy atom. The van der Waals surface area contributed by atoms with Crippen LogP contribution < -0.4 is 0 Å². The molecule has 1 aliphatic rings. The molecule has 5 heteroatoms. The molecule has 4 nitrogen and oxygen atoms in total. The quantitative estimate of drug-likeness (QED) is 0.722. The van der Waals surface area contributed by atoms with Crippen molar-refractivity contribution in [1.82, 2.24) is 8.61 Å². The number of carboxylic acid groups (broad SMARTS) is 1. The van der Waals surface area contributed by atoms with Crippen LogP contribution in [-0.4, -0.2) is 39.9 Å². The molecule has 0 aliphatic carbocycles. The summed E-state index contributed by atoms with van der Waals surface area (Å²) in [5.74, 6) is 0. The van der Waals surface area contributed by atoms with Crippen LogP contribution >= 0.6 is 12.1 Å². The first-order valence-electron chi connectivity index (χ1n) is 4.80. The summed E-state index contributed by atoms with van der Waals surface area (Å²) in [4.78, 5) is 10.6. The van der Waals surface area contributed by atoms with Gasteiger partial charge in [-0.05, 0) is 18.3 Å². The highest BCUT2D eigenvalue weighted by Crippen LogP contribution is 2.32. The van der Waals surface area contributed by atoms with E-state index in [2.05, 4.69) is 18.2 Å². The molecule has 1 N–H and O–H groups in total. The van der Waals surface area contributed by atoms with Crippen LogP contribution in [0.15, 0.2) is 0 Å². The van der Waals surface area contributed by atoms with Crippen molar-refractivity contribution < 1.29 is 9.90 Å². The third-order valence-corrected chi connectivity index (χ3v) is 3.58. The molecule has 1 rings (SSSR count). The third kappa shape index (κ3) is 3.38. The zero-order chi connectivity index (χ0) is 10.8. The van der Waals surface area contributed by atoms with Crippen LogP contribution in [0.5, 0.6) is 0 Å². The maximum absolute atomic E-state index is 10.6. The van der Waals surface area contributed by atoms with Gasteiger partial charge in [0.2, 0.25) is 0 Å².